The van der Waals surface area contributed by atoms with Gasteiger partial charge in [0, 0.05) is 10.5 Å². The van der Waals surface area contributed by atoms with E-state index < -0.39 is 0 Å². The minimum absolute atomic E-state index is 0.347. The number of ether oxygens (including phenoxy) is 1. The molecule has 1 aliphatic carbocycles. The molecule has 0 amide bonds. The maximum absolute atomic E-state index is 5.37. The molecule has 0 aromatic heterocycles. The van der Waals surface area contributed by atoms with Crippen molar-refractivity contribution in [1.82, 2.24) is 5.32 Å². The van der Waals surface area contributed by atoms with Crippen LogP contribution >= 0.6 is 15.9 Å². The van der Waals surface area contributed by atoms with Gasteiger partial charge in [0.05, 0.1) is 7.11 Å². The van der Waals surface area contributed by atoms with Crippen LogP contribution in [0.3, 0.4) is 0 Å². The third-order valence-electron chi connectivity index (χ3n) is 4.34. The van der Waals surface area contributed by atoms with Gasteiger partial charge in [-0.3, -0.25) is 0 Å². The molecule has 110 valence electrons. The first-order chi connectivity index (χ1) is 10.2. The molecule has 3 atom stereocenters. The molecule has 2 aromatic carbocycles. The minimum Gasteiger partial charge on any atom is -0.497 e. The molecule has 0 saturated heterocycles. The fourth-order valence-electron chi connectivity index (χ4n) is 3.15. The van der Waals surface area contributed by atoms with E-state index in [1.165, 1.54) is 17.5 Å². The molecule has 2 nitrogen and oxygen atoms in total. The lowest BCUT2D eigenvalue weighted by atomic mass is 9.98. The Bertz CT molecular complexity index is 614. The van der Waals surface area contributed by atoms with Gasteiger partial charge >= 0.3 is 0 Å². The molecular weight excluding hydrogens is 326 g/mol. The summed E-state index contributed by atoms with van der Waals surface area (Å²) in [6.07, 6.45) is 1.24. The lowest BCUT2D eigenvalue weighted by Crippen LogP contribution is -2.19. The van der Waals surface area contributed by atoms with E-state index in [0.29, 0.717) is 17.9 Å². The summed E-state index contributed by atoms with van der Waals surface area (Å²) >= 11 is 3.68. The zero-order chi connectivity index (χ0) is 14.8. The van der Waals surface area contributed by atoms with Gasteiger partial charge in [-0.1, -0.05) is 46.3 Å². The fraction of sp³-hybridized carbons (Fsp3) is 0.333. The molecule has 1 fully saturated rings. The van der Waals surface area contributed by atoms with Crippen molar-refractivity contribution in [2.75, 3.05) is 14.2 Å². The zero-order valence-electron chi connectivity index (χ0n) is 12.3. The highest BCUT2D eigenvalue weighted by Crippen LogP contribution is 2.54. The van der Waals surface area contributed by atoms with Gasteiger partial charge in [-0.25, -0.2) is 0 Å². The Kier molecular flexibility index (Phi) is 4.32. The quantitative estimate of drug-likeness (QED) is 0.859. The number of methoxy groups -OCH3 is 1. The molecule has 0 aliphatic heterocycles. The van der Waals surface area contributed by atoms with Crippen molar-refractivity contribution < 1.29 is 4.74 Å². The van der Waals surface area contributed by atoms with Crippen LogP contribution < -0.4 is 10.1 Å². The highest BCUT2D eigenvalue weighted by atomic mass is 79.9. The molecule has 0 heterocycles. The third kappa shape index (κ3) is 2.99. The Balaban J connectivity index is 1.84. The predicted octanol–water partition coefficient (Wildman–Crippen LogP) is 4.52. The number of hydrogen-bond donors (Lipinski definition) is 1. The monoisotopic (exact) mass is 345 g/mol. The van der Waals surface area contributed by atoms with E-state index in [2.05, 4.69) is 63.7 Å². The normalized spacial score (nSPS) is 21.9. The minimum atomic E-state index is 0.347. The number of hydrogen-bond acceptors (Lipinski definition) is 2. The van der Waals surface area contributed by atoms with E-state index in [0.717, 1.165) is 10.2 Å². The average molecular weight is 346 g/mol. The van der Waals surface area contributed by atoms with Crippen molar-refractivity contribution in [3.8, 4) is 5.75 Å². The Hall–Kier alpha value is -1.32. The summed E-state index contributed by atoms with van der Waals surface area (Å²) in [5.74, 6) is 2.20. The van der Waals surface area contributed by atoms with Gasteiger partial charge in [-0.15, -0.1) is 0 Å². The van der Waals surface area contributed by atoms with Crippen LogP contribution in [0.2, 0.25) is 0 Å². The van der Waals surface area contributed by atoms with Crippen molar-refractivity contribution in [1.29, 1.82) is 0 Å². The Morgan fingerprint density at radius 2 is 1.95 bits per heavy atom. The predicted molar refractivity (Wildman–Crippen MR) is 89.8 cm³/mol. The van der Waals surface area contributed by atoms with Gasteiger partial charge in [0.25, 0.3) is 0 Å². The zero-order valence-corrected chi connectivity index (χ0v) is 13.9. The van der Waals surface area contributed by atoms with E-state index >= 15 is 0 Å². The molecular formula is C18H20BrNO. The first kappa shape index (κ1) is 14.6. The van der Waals surface area contributed by atoms with Gasteiger partial charge < -0.3 is 10.1 Å². The highest BCUT2D eigenvalue weighted by molar-refractivity contribution is 9.10. The molecule has 0 bridgehead atoms. The Labute approximate surface area is 134 Å². The van der Waals surface area contributed by atoms with Crippen LogP contribution in [0, 0.1) is 5.92 Å². The molecule has 1 saturated carbocycles. The Morgan fingerprint density at radius 3 is 2.62 bits per heavy atom. The first-order valence-electron chi connectivity index (χ1n) is 7.30. The fourth-order valence-corrected chi connectivity index (χ4v) is 3.65. The summed E-state index contributed by atoms with van der Waals surface area (Å²) in [6, 6.07) is 17.3. The molecule has 3 rings (SSSR count). The van der Waals surface area contributed by atoms with Gasteiger partial charge in [-0.05, 0) is 54.6 Å². The van der Waals surface area contributed by atoms with Crippen molar-refractivity contribution in [2.24, 2.45) is 5.92 Å². The summed E-state index contributed by atoms with van der Waals surface area (Å²) in [7, 11) is 3.75. The maximum atomic E-state index is 5.37. The summed E-state index contributed by atoms with van der Waals surface area (Å²) in [6.45, 7) is 0. The number of benzene rings is 2. The van der Waals surface area contributed by atoms with E-state index in [1.807, 2.05) is 13.1 Å². The lowest BCUT2D eigenvalue weighted by molar-refractivity contribution is 0.412. The molecule has 3 unspecified atom stereocenters. The van der Waals surface area contributed by atoms with Crippen LogP contribution in [0.1, 0.15) is 29.5 Å². The number of nitrogens with one attached hydrogen (secondary N) is 1. The molecule has 1 aliphatic rings. The summed E-state index contributed by atoms with van der Waals surface area (Å²) < 4.78 is 6.51. The first-order valence-corrected chi connectivity index (χ1v) is 8.09. The molecule has 1 N–H and O–H groups in total. The van der Waals surface area contributed by atoms with E-state index in [4.69, 9.17) is 4.74 Å². The average Bonchev–Trinajstić information content (AvgIpc) is 3.31. The van der Waals surface area contributed by atoms with E-state index in [1.54, 1.807) is 7.11 Å². The summed E-state index contributed by atoms with van der Waals surface area (Å²) in [4.78, 5) is 0. The second-order valence-corrected chi connectivity index (χ2v) is 6.42. The topological polar surface area (TPSA) is 21.3 Å². The summed E-state index contributed by atoms with van der Waals surface area (Å²) in [5.41, 5.74) is 2.72. The summed E-state index contributed by atoms with van der Waals surface area (Å²) in [5, 5.41) is 3.49. The van der Waals surface area contributed by atoms with Gasteiger partial charge in [0.1, 0.15) is 5.75 Å². The van der Waals surface area contributed by atoms with E-state index in [9.17, 15) is 0 Å². The molecule has 0 radical (unpaired) electrons. The third-order valence-corrected chi connectivity index (χ3v) is 5.07. The molecule has 21 heavy (non-hydrogen) atoms. The maximum Gasteiger partial charge on any atom is 0.119 e. The SMILES string of the molecule is CNC(c1cc(OC)ccc1Br)C1CC1c1ccccc1. The van der Waals surface area contributed by atoms with Crippen molar-refractivity contribution >= 4 is 15.9 Å². The second-order valence-electron chi connectivity index (χ2n) is 5.57. The number of halogens is 1. The highest BCUT2D eigenvalue weighted by Gasteiger charge is 2.44. The van der Waals surface area contributed by atoms with Gasteiger partial charge in [-0.2, -0.15) is 0 Å². The Morgan fingerprint density at radius 1 is 1.19 bits per heavy atom. The van der Waals surface area contributed by atoms with Crippen LogP contribution in [0.25, 0.3) is 0 Å². The van der Waals surface area contributed by atoms with E-state index in [-0.39, 0.29) is 0 Å². The smallest absolute Gasteiger partial charge is 0.119 e. The molecule has 0 spiro atoms. The second kappa shape index (κ2) is 6.20. The van der Waals surface area contributed by atoms with Crippen LogP contribution in [-0.4, -0.2) is 14.2 Å². The van der Waals surface area contributed by atoms with Crippen LogP contribution in [-0.2, 0) is 0 Å². The van der Waals surface area contributed by atoms with Gasteiger partial charge in [0.15, 0.2) is 0 Å². The van der Waals surface area contributed by atoms with Crippen molar-refractivity contribution in [3.05, 3.63) is 64.1 Å². The van der Waals surface area contributed by atoms with Crippen LogP contribution in [0.5, 0.6) is 5.75 Å². The standard InChI is InChI=1S/C18H20BrNO/c1-20-18(16-10-13(21-2)8-9-17(16)19)15-11-14(15)12-6-4-3-5-7-12/h3-10,14-15,18,20H,11H2,1-2H3. The van der Waals surface area contributed by atoms with Crippen LogP contribution in [0.15, 0.2) is 53.0 Å². The lowest BCUT2D eigenvalue weighted by Gasteiger charge is -2.19. The van der Waals surface area contributed by atoms with Gasteiger partial charge in [0.2, 0.25) is 0 Å². The largest absolute Gasteiger partial charge is 0.497 e. The number of rotatable bonds is 5. The van der Waals surface area contributed by atoms with Crippen molar-refractivity contribution in [3.63, 3.8) is 0 Å². The van der Waals surface area contributed by atoms with Crippen LogP contribution in [0.4, 0.5) is 0 Å². The molecule has 3 heteroatoms. The molecule has 2 aromatic rings. The van der Waals surface area contributed by atoms with Crippen molar-refractivity contribution in [2.45, 2.75) is 18.4 Å².